The van der Waals surface area contributed by atoms with Crippen LogP contribution in [-0.2, 0) is 12.6 Å². The van der Waals surface area contributed by atoms with Gasteiger partial charge in [0.1, 0.15) is 0 Å². The Hall–Kier alpha value is -0.530. The molecule has 1 aromatic heterocycles. The number of benzene rings is 1. The van der Waals surface area contributed by atoms with E-state index in [1.165, 1.54) is 10.9 Å². The van der Waals surface area contributed by atoms with E-state index in [2.05, 4.69) is 37.2 Å². The Morgan fingerprint density at radius 1 is 1.10 bits per heavy atom. The van der Waals surface area contributed by atoms with Crippen molar-refractivity contribution in [3.8, 4) is 0 Å². The van der Waals surface area contributed by atoms with Gasteiger partial charge in [0.2, 0.25) is 0 Å². The zero-order valence-electron chi connectivity index (χ0n) is 10.1. The van der Waals surface area contributed by atoms with Crippen LogP contribution in [0, 0.1) is 0 Å². The molecule has 0 saturated carbocycles. The SMILES string of the molecule is FC(F)(F)c1ccc(NCCc2ccc(Br)s2)c(Br)c1. The highest BCUT2D eigenvalue weighted by Gasteiger charge is 2.30. The molecule has 0 aliphatic rings. The molecule has 0 spiro atoms. The normalized spacial score (nSPS) is 11.7. The van der Waals surface area contributed by atoms with Crippen molar-refractivity contribution in [2.75, 3.05) is 11.9 Å². The number of rotatable bonds is 4. The number of nitrogens with one attached hydrogen (secondary N) is 1. The molecular formula is C13H10Br2F3NS. The van der Waals surface area contributed by atoms with Crippen molar-refractivity contribution in [3.63, 3.8) is 0 Å². The fraction of sp³-hybridized carbons (Fsp3) is 0.231. The van der Waals surface area contributed by atoms with Gasteiger partial charge in [-0.1, -0.05) is 0 Å². The van der Waals surface area contributed by atoms with E-state index in [1.807, 2.05) is 12.1 Å². The second-order valence-electron chi connectivity index (χ2n) is 4.07. The molecule has 0 bridgehead atoms. The third-order valence-electron chi connectivity index (χ3n) is 2.61. The van der Waals surface area contributed by atoms with Crippen molar-refractivity contribution >= 4 is 48.9 Å². The number of thiophene rings is 1. The summed E-state index contributed by atoms with van der Waals surface area (Å²) >= 11 is 8.20. The van der Waals surface area contributed by atoms with E-state index >= 15 is 0 Å². The lowest BCUT2D eigenvalue weighted by molar-refractivity contribution is -0.137. The van der Waals surface area contributed by atoms with Gasteiger partial charge in [-0.05, 0) is 68.6 Å². The largest absolute Gasteiger partial charge is 0.416 e. The molecule has 20 heavy (non-hydrogen) atoms. The number of anilines is 1. The minimum Gasteiger partial charge on any atom is -0.384 e. The van der Waals surface area contributed by atoms with E-state index in [1.54, 1.807) is 11.3 Å². The first-order chi connectivity index (χ1) is 9.36. The van der Waals surface area contributed by atoms with Crippen LogP contribution in [0.15, 0.2) is 38.6 Å². The van der Waals surface area contributed by atoms with Crippen LogP contribution in [0.5, 0.6) is 0 Å². The summed E-state index contributed by atoms with van der Waals surface area (Å²) in [5, 5.41) is 3.13. The van der Waals surface area contributed by atoms with Gasteiger partial charge in [-0.2, -0.15) is 13.2 Å². The summed E-state index contributed by atoms with van der Waals surface area (Å²) in [4.78, 5) is 1.22. The first-order valence-corrected chi connectivity index (χ1v) is 8.11. The summed E-state index contributed by atoms with van der Waals surface area (Å²) < 4.78 is 39.1. The predicted octanol–water partition coefficient (Wildman–Crippen LogP) is 5.95. The minimum atomic E-state index is -4.32. The van der Waals surface area contributed by atoms with Gasteiger partial charge in [0.15, 0.2) is 0 Å². The number of hydrogen-bond donors (Lipinski definition) is 1. The van der Waals surface area contributed by atoms with E-state index in [0.29, 0.717) is 16.7 Å². The van der Waals surface area contributed by atoms with Gasteiger partial charge in [0, 0.05) is 21.6 Å². The zero-order valence-corrected chi connectivity index (χ0v) is 14.1. The quantitative estimate of drug-likeness (QED) is 0.634. The Morgan fingerprint density at radius 3 is 2.40 bits per heavy atom. The summed E-state index contributed by atoms with van der Waals surface area (Å²) in [5.41, 5.74) is 0.00531. The maximum atomic E-state index is 12.5. The highest BCUT2D eigenvalue weighted by Crippen LogP contribution is 2.34. The molecule has 0 aliphatic carbocycles. The van der Waals surface area contributed by atoms with Crippen molar-refractivity contribution < 1.29 is 13.2 Å². The molecule has 2 rings (SSSR count). The topological polar surface area (TPSA) is 12.0 Å². The van der Waals surface area contributed by atoms with E-state index in [9.17, 15) is 13.2 Å². The van der Waals surface area contributed by atoms with Crippen LogP contribution in [-0.4, -0.2) is 6.54 Å². The average molecular weight is 429 g/mol. The molecule has 1 N–H and O–H groups in total. The highest BCUT2D eigenvalue weighted by atomic mass is 79.9. The molecule has 1 nitrogen and oxygen atoms in total. The molecule has 0 unspecified atom stereocenters. The van der Waals surface area contributed by atoms with Crippen LogP contribution < -0.4 is 5.32 Å². The molecular weight excluding hydrogens is 419 g/mol. The third-order valence-corrected chi connectivity index (χ3v) is 4.95. The van der Waals surface area contributed by atoms with Gasteiger partial charge in [-0.15, -0.1) is 11.3 Å². The molecule has 108 valence electrons. The molecule has 0 fully saturated rings. The van der Waals surface area contributed by atoms with Crippen molar-refractivity contribution in [2.24, 2.45) is 0 Å². The molecule has 2 aromatic rings. The Kier molecular flexibility index (Phi) is 5.14. The van der Waals surface area contributed by atoms with Crippen molar-refractivity contribution in [1.82, 2.24) is 0 Å². The fourth-order valence-corrected chi connectivity index (χ4v) is 3.64. The van der Waals surface area contributed by atoms with Gasteiger partial charge in [-0.3, -0.25) is 0 Å². The lowest BCUT2D eigenvalue weighted by Gasteiger charge is -2.11. The summed E-state index contributed by atoms with van der Waals surface area (Å²) in [6, 6.07) is 7.61. The summed E-state index contributed by atoms with van der Waals surface area (Å²) in [6.45, 7) is 0.664. The van der Waals surface area contributed by atoms with Gasteiger partial charge < -0.3 is 5.32 Å². The van der Waals surface area contributed by atoms with Crippen LogP contribution in [0.2, 0.25) is 0 Å². The number of halogens is 5. The molecule has 7 heteroatoms. The Balaban J connectivity index is 1.96. The molecule has 1 heterocycles. The Bertz CT molecular complexity index is 596. The van der Waals surface area contributed by atoms with Crippen LogP contribution in [0.3, 0.4) is 0 Å². The molecule has 0 aliphatic heterocycles. The van der Waals surface area contributed by atoms with Crippen LogP contribution in [0.4, 0.5) is 18.9 Å². The first kappa shape index (κ1) is 15.9. The Morgan fingerprint density at radius 2 is 1.85 bits per heavy atom. The van der Waals surface area contributed by atoms with E-state index in [0.717, 1.165) is 22.3 Å². The first-order valence-electron chi connectivity index (χ1n) is 5.71. The van der Waals surface area contributed by atoms with Gasteiger partial charge >= 0.3 is 6.18 Å². The predicted molar refractivity (Wildman–Crippen MR) is 83.4 cm³/mol. The van der Waals surface area contributed by atoms with Crippen LogP contribution in [0.1, 0.15) is 10.4 Å². The third kappa shape index (κ3) is 4.23. The maximum absolute atomic E-state index is 12.5. The second-order valence-corrected chi connectivity index (χ2v) is 7.48. The van der Waals surface area contributed by atoms with Crippen molar-refractivity contribution in [2.45, 2.75) is 12.6 Å². The standard InChI is InChI=1S/C13H10Br2F3NS/c14-10-7-8(13(16,17)18)1-3-11(10)19-6-5-9-2-4-12(15)20-9/h1-4,7,19H,5-6H2. The highest BCUT2D eigenvalue weighted by molar-refractivity contribution is 9.11. The summed E-state index contributed by atoms with van der Waals surface area (Å²) in [7, 11) is 0. The molecule has 0 atom stereocenters. The lowest BCUT2D eigenvalue weighted by atomic mass is 10.2. The summed E-state index contributed by atoms with van der Waals surface area (Å²) in [5.74, 6) is 0. The number of alkyl halides is 3. The minimum absolute atomic E-state index is 0.416. The lowest BCUT2D eigenvalue weighted by Crippen LogP contribution is -2.07. The van der Waals surface area contributed by atoms with Gasteiger partial charge in [0.05, 0.1) is 9.35 Å². The Labute approximate surface area is 135 Å². The molecule has 0 radical (unpaired) electrons. The smallest absolute Gasteiger partial charge is 0.384 e. The fourth-order valence-electron chi connectivity index (χ4n) is 1.64. The van der Waals surface area contributed by atoms with Crippen LogP contribution >= 0.6 is 43.2 Å². The second kappa shape index (κ2) is 6.49. The molecule has 1 aromatic carbocycles. The maximum Gasteiger partial charge on any atom is 0.416 e. The average Bonchev–Trinajstić information content (AvgIpc) is 2.76. The molecule has 0 saturated heterocycles. The van der Waals surface area contributed by atoms with Crippen molar-refractivity contribution in [3.05, 3.63) is 49.0 Å². The van der Waals surface area contributed by atoms with Crippen molar-refractivity contribution in [1.29, 1.82) is 0 Å². The zero-order chi connectivity index (χ0) is 14.8. The van der Waals surface area contributed by atoms with E-state index in [-0.39, 0.29) is 0 Å². The summed E-state index contributed by atoms with van der Waals surface area (Å²) in [6.07, 6.45) is -3.49. The van der Waals surface area contributed by atoms with E-state index < -0.39 is 11.7 Å². The molecule has 0 amide bonds. The monoisotopic (exact) mass is 427 g/mol. The van der Waals surface area contributed by atoms with Gasteiger partial charge in [-0.25, -0.2) is 0 Å². The van der Waals surface area contributed by atoms with Gasteiger partial charge in [0.25, 0.3) is 0 Å². The number of hydrogen-bond acceptors (Lipinski definition) is 2. The van der Waals surface area contributed by atoms with E-state index in [4.69, 9.17) is 0 Å². The van der Waals surface area contributed by atoms with Crippen LogP contribution in [0.25, 0.3) is 0 Å².